The van der Waals surface area contributed by atoms with E-state index in [1.807, 2.05) is 0 Å². The Morgan fingerprint density at radius 2 is 2.29 bits per heavy atom. The van der Waals surface area contributed by atoms with Crippen LogP contribution < -0.4 is 4.74 Å². The van der Waals surface area contributed by atoms with Crippen LogP contribution in [0.25, 0.3) is 0 Å². The number of fused-ring (bicyclic) bond motifs is 1. The highest BCUT2D eigenvalue weighted by Crippen LogP contribution is 2.43. The van der Waals surface area contributed by atoms with Gasteiger partial charge in [0.2, 0.25) is 0 Å². The zero-order chi connectivity index (χ0) is 12.6. The molecule has 5 heteroatoms. The van der Waals surface area contributed by atoms with Crippen LogP contribution in [-0.4, -0.2) is 18.3 Å². The average molecular weight is 261 g/mol. The zero-order valence-corrected chi connectivity index (χ0v) is 9.88. The van der Waals surface area contributed by atoms with Crippen LogP contribution in [0.5, 0.6) is 5.75 Å². The van der Waals surface area contributed by atoms with E-state index >= 15 is 0 Å². The molecule has 0 bridgehead atoms. The molecule has 0 N–H and O–H groups in total. The van der Waals surface area contributed by atoms with E-state index < -0.39 is 17.9 Å². The Labute approximate surface area is 103 Å². The number of hydrogen-bond donors (Lipinski definition) is 0. The average Bonchev–Trinajstić information content (AvgIpc) is 2.27. The number of ether oxygens (including phenoxy) is 1. The van der Waals surface area contributed by atoms with Gasteiger partial charge < -0.3 is 9.53 Å². The predicted molar refractivity (Wildman–Crippen MR) is 59.9 cm³/mol. The van der Waals surface area contributed by atoms with E-state index in [2.05, 4.69) is 0 Å². The van der Waals surface area contributed by atoms with Crippen LogP contribution in [0.2, 0.25) is 5.02 Å². The molecule has 1 aliphatic heterocycles. The molecule has 0 aromatic heterocycles. The first-order valence-electron chi connectivity index (χ1n) is 5.18. The van der Waals surface area contributed by atoms with E-state index in [1.165, 1.54) is 13.0 Å². The minimum absolute atomic E-state index is 0.0250. The van der Waals surface area contributed by atoms with E-state index in [-0.39, 0.29) is 12.2 Å². The Balaban J connectivity index is 2.47. The quantitative estimate of drug-likeness (QED) is 0.762. The summed E-state index contributed by atoms with van der Waals surface area (Å²) in [6.45, 7) is 1.30. The third-order valence-corrected chi connectivity index (χ3v) is 3.20. The van der Waals surface area contributed by atoms with Crippen molar-refractivity contribution in [2.24, 2.45) is 0 Å². The molecule has 0 saturated carbocycles. The van der Waals surface area contributed by atoms with Crippen molar-refractivity contribution in [1.29, 1.82) is 0 Å². The lowest BCUT2D eigenvalue weighted by molar-refractivity contribution is -0.115. The first-order valence-corrected chi connectivity index (χ1v) is 5.56. The lowest BCUT2D eigenvalue weighted by atomic mass is 9.84. The van der Waals surface area contributed by atoms with Gasteiger partial charge in [0.05, 0.1) is 0 Å². The van der Waals surface area contributed by atoms with Gasteiger partial charge in [-0.3, -0.25) is 0 Å². The molecule has 0 spiro atoms. The maximum Gasteiger partial charge on any atom is 0.277 e. The number of halogens is 3. The summed E-state index contributed by atoms with van der Waals surface area (Å²) < 4.78 is 31.2. The van der Waals surface area contributed by atoms with Crippen LogP contribution in [-0.2, 0) is 4.79 Å². The highest BCUT2D eigenvalue weighted by atomic mass is 35.5. The van der Waals surface area contributed by atoms with Crippen LogP contribution in [0.1, 0.15) is 24.8 Å². The number of rotatable bonds is 2. The lowest BCUT2D eigenvalue weighted by Crippen LogP contribution is -2.44. The summed E-state index contributed by atoms with van der Waals surface area (Å²) in [7, 11) is 0. The standard InChI is InChI=1S/C12H11ClF2O2/c1-12(11(14)15)5-7(6-16)9-3-2-8(13)4-10(9)17-12/h2-4,6-7,11H,5H2,1H3. The molecule has 17 heavy (non-hydrogen) atoms. The second-order valence-electron chi connectivity index (χ2n) is 4.34. The summed E-state index contributed by atoms with van der Waals surface area (Å²) in [4.78, 5) is 11.0. The number of benzene rings is 1. The van der Waals surface area contributed by atoms with E-state index in [4.69, 9.17) is 16.3 Å². The minimum Gasteiger partial charge on any atom is -0.481 e. The van der Waals surface area contributed by atoms with Gasteiger partial charge in [-0.2, -0.15) is 0 Å². The molecule has 2 nitrogen and oxygen atoms in total. The minimum atomic E-state index is -2.66. The van der Waals surface area contributed by atoms with E-state index in [0.717, 1.165) is 0 Å². The first kappa shape index (κ1) is 12.3. The summed E-state index contributed by atoms with van der Waals surface area (Å²) in [5.74, 6) is -0.307. The van der Waals surface area contributed by atoms with Crippen LogP contribution in [0.4, 0.5) is 8.78 Å². The van der Waals surface area contributed by atoms with Gasteiger partial charge in [-0.25, -0.2) is 8.78 Å². The Morgan fingerprint density at radius 1 is 1.59 bits per heavy atom. The number of carbonyl (C=O) groups is 1. The molecule has 1 aromatic carbocycles. The Hall–Kier alpha value is -1.16. The number of aldehydes is 1. The molecule has 2 atom stereocenters. The maximum absolute atomic E-state index is 12.9. The number of alkyl halides is 2. The summed E-state index contributed by atoms with van der Waals surface area (Å²) in [5.41, 5.74) is -1.02. The molecule has 0 amide bonds. The molecule has 2 unspecified atom stereocenters. The Morgan fingerprint density at radius 3 is 2.88 bits per heavy atom. The predicted octanol–water partition coefficient (Wildman–Crippen LogP) is 3.43. The third kappa shape index (κ3) is 2.14. The molecular formula is C12H11ClF2O2. The maximum atomic E-state index is 12.9. The van der Waals surface area contributed by atoms with Crippen molar-refractivity contribution in [3.05, 3.63) is 28.8 Å². The van der Waals surface area contributed by atoms with Crippen LogP contribution in [0.3, 0.4) is 0 Å². The molecule has 1 aromatic rings. The van der Waals surface area contributed by atoms with E-state index in [1.54, 1.807) is 12.1 Å². The van der Waals surface area contributed by atoms with Crippen LogP contribution >= 0.6 is 11.6 Å². The largest absolute Gasteiger partial charge is 0.481 e. The first-order chi connectivity index (χ1) is 7.96. The zero-order valence-electron chi connectivity index (χ0n) is 9.12. The molecular weight excluding hydrogens is 250 g/mol. The normalized spacial score (nSPS) is 27.5. The van der Waals surface area contributed by atoms with Gasteiger partial charge in [0, 0.05) is 22.9 Å². The lowest BCUT2D eigenvalue weighted by Gasteiger charge is -2.37. The smallest absolute Gasteiger partial charge is 0.277 e. The molecule has 0 radical (unpaired) electrons. The van der Waals surface area contributed by atoms with Crippen molar-refractivity contribution in [3.8, 4) is 5.75 Å². The van der Waals surface area contributed by atoms with Crippen molar-refractivity contribution < 1.29 is 18.3 Å². The number of carbonyl (C=O) groups excluding carboxylic acids is 1. The monoisotopic (exact) mass is 260 g/mol. The van der Waals surface area contributed by atoms with Gasteiger partial charge in [-0.1, -0.05) is 17.7 Å². The Bertz CT molecular complexity index is 450. The Kier molecular flexibility index (Phi) is 3.08. The highest BCUT2D eigenvalue weighted by Gasteiger charge is 2.44. The molecule has 2 rings (SSSR count). The van der Waals surface area contributed by atoms with Crippen molar-refractivity contribution in [2.45, 2.75) is 31.3 Å². The fourth-order valence-electron chi connectivity index (χ4n) is 2.00. The van der Waals surface area contributed by atoms with Crippen molar-refractivity contribution in [3.63, 3.8) is 0 Å². The highest BCUT2D eigenvalue weighted by molar-refractivity contribution is 6.30. The van der Waals surface area contributed by atoms with E-state index in [9.17, 15) is 13.6 Å². The fraction of sp³-hybridized carbons (Fsp3) is 0.417. The second kappa shape index (κ2) is 4.26. The van der Waals surface area contributed by atoms with Gasteiger partial charge in [0.1, 0.15) is 12.0 Å². The molecule has 1 heterocycles. The van der Waals surface area contributed by atoms with Crippen LogP contribution in [0.15, 0.2) is 18.2 Å². The van der Waals surface area contributed by atoms with Crippen molar-refractivity contribution >= 4 is 17.9 Å². The second-order valence-corrected chi connectivity index (χ2v) is 4.78. The third-order valence-electron chi connectivity index (χ3n) is 2.97. The molecule has 0 fully saturated rings. The van der Waals surface area contributed by atoms with Crippen LogP contribution in [0, 0.1) is 0 Å². The van der Waals surface area contributed by atoms with Crippen molar-refractivity contribution in [2.75, 3.05) is 0 Å². The van der Waals surface area contributed by atoms with E-state index in [0.29, 0.717) is 16.9 Å². The SMILES string of the molecule is CC1(C(F)F)CC(C=O)c2ccc(Cl)cc2O1. The fourth-order valence-corrected chi connectivity index (χ4v) is 2.16. The van der Waals surface area contributed by atoms with Gasteiger partial charge in [0.15, 0.2) is 5.60 Å². The van der Waals surface area contributed by atoms with Gasteiger partial charge in [-0.15, -0.1) is 0 Å². The topological polar surface area (TPSA) is 26.3 Å². The summed E-state index contributed by atoms with van der Waals surface area (Å²) in [6, 6.07) is 4.72. The summed E-state index contributed by atoms with van der Waals surface area (Å²) in [6.07, 6.45) is -2.00. The molecule has 0 aliphatic carbocycles. The molecule has 1 aliphatic rings. The van der Waals surface area contributed by atoms with Gasteiger partial charge in [0.25, 0.3) is 6.43 Å². The summed E-state index contributed by atoms with van der Waals surface area (Å²) >= 11 is 5.78. The van der Waals surface area contributed by atoms with Gasteiger partial charge >= 0.3 is 0 Å². The van der Waals surface area contributed by atoms with Crippen molar-refractivity contribution in [1.82, 2.24) is 0 Å². The van der Waals surface area contributed by atoms with Gasteiger partial charge in [-0.05, 0) is 19.1 Å². The number of hydrogen-bond acceptors (Lipinski definition) is 2. The molecule has 0 saturated heterocycles. The summed E-state index contributed by atoms with van der Waals surface area (Å²) in [5, 5.41) is 0.395. The molecule has 92 valence electrons.